The van der Waals surface area contributed by atoms with Crippen LogP contribution in [0.2, 0.25) is 0 Å². The second-order valence-electron chi connectivity index (χ2n) is 8.50. The van der Waals surface area contributed by atoms with Gasteiger partial charge in [0.1, 0.15) is 22.5 Å². The van der Waals surface area contributed by atoms with E-state index < -0.39 is 0 Å². The number of rotatable bonds is 4. The maximum absolute atomic E-state index is 5.92. The summed E-state index contributed by atoms with van der Waals surface area (Å²) in [6, 6.07) is 7.90. The Hall–Kier alpha value is -4.77. The van der Waals surface area contributed by atoms with Crippen LogP contribution in [0.1, 0.15) is 0 Å². The number of hydrogen-bond donors (Lipinski definition) is 3. The van der Waals surface area contributed by atoms with Crippen LogP contribution in [0.25, 0.3) is 56.1 Å². The number of hydrogen-bond acceptors (Lipinski definition) is 9. The molecule has 0 unspecified atom stereocenters. The maximum atomic E-state index is 5.92. The lowest BCUT2D eigenvalue weighted by Gasteiger charge is -2.37. The summed E-state index contributed by atoms with van der Waals surface area (Å²) in [7, 11) is 0. The molecule has 6 aromatic rings. The lowest BCUT2D eigenvalue weighted by Crippen LogP contribution is -2.56. The van der Waals surface area contributed by atoms with Crippen LogP contribution >= 0.6 is 0 Å². The van der Waals surface area contributed by atoms with E-state index in [2.05, 4.69) is 35.0 Å². The Bertz CT molecular complexity index is 1680. The highest BCUT2D eigenvalue weighted by atomic mass is 15.3. The number of fused-ring (bicyclic) bond motifs is 2. The van der Waals surface area contributed by atoms with Crippen molar-refractivity contribution in [3.05, 3.63) is 61.4 Å². The molecular weight excluding hydrogens is 442 g/mol. The zero-order chi connectivity index (χ0) is 23.4. The van der Waals surface area contributed by atoms with E-state index in [9.17, 15) is 0 Å². The molecule has 1 aliphatic rings. The average molecular weight is 461 g/mol. The zero-order valence-corrected chi connectivity index (χ0v) is 18.4. The quantitative estimate of drug-likeness (QED) is 0.360. The molecule has 0 aliphatic carbocycles. The fourth-order valence-corrected chi connectivity index (χ4v) is 4.32. The first-order valence-electron chi connectivity index (χ1n) is 11.2. The lowest BCUT2D eigenvalue weighted by atomic mass is 10.1. The van der Waals surface area contributed by atoms with Gasteiger partial charge in [0.25, 0.3) is 0 Å². The minimum atomic E-state index is 0.182. The first kappa shape index (κ1) is 19.7. The molecule has 0 bridgehead atoms. The monoisotopic (exact) mass is 461 g/mol. The molecular formula is C24H19N11. The van der Waals surface area contributed by atoms with Gasteiger partial charge in [0.2, 0.25) is 0 Å². The standard InChI is InChI=1S/C24H19N11/c25-14-11-35(12-14)20-10-28-8-18(29-20)16-3-4-17-22(30-16)23(34-33-17)24-31-19-9-27-7-15(21(19)32-24)13-2-1-5-26-6-13/h1-10,14H,11-12,25H2,(H,31,32)(H,33,34). The average Bonchev–Trinajstić information content (AvgIpc) is 3.51. The van der Waals surface area contributed by atoms with Gasteiger partial charge in [0.15, 0.2) is 11.5 Å². The fourth-order valence-electron chi connectivity index (χ4n) is 4.32. The van der Waals surface area contributed by atoms with E-state index in [0.717, 1.165) is 46.6 Å². The van der Waals surface area contributed by atoms with Crippen LogP contribution in [-0.2, 0) is 0 Å². The van der Waals surface area contributed by atoms with Crippen LogP contribution in [-0.4, -0.2) is 64.2 Å². The third-order valence-corrected chi connectivity index (χ3v) is 6.12. The Morgan fingerprint density at radius 3 is 2.60 bits per heavy atom. The Labute approximate surface area is 198 Å². The van der Waals surface area contributed by atoms with Crippen molar-refractivity contribution >= 4 is 27.9 Å². The number of nitrogens with one attached hydrogen (secondary N) is 2. The minimum Gasteiger partial charge on any atom is -0.352 e. The summed E-state index contributed by atoms with van der Waals surface area (Å²) in [6.07, 6.45) is 10.5. The number of imidazole rings is 1. The summed E-state index contributed by atoms with van der Waals surface area (Å²) in [5.74, 6) is 1.40. The predicted octanol–water partition coefficient (Wildman–Crippen LogP) is 2.56. The van der Waals surface area contributed by atoms with Gasteiger partial charge in [-0.3, -0.25) is 20.1 Å². The van der Waals surface area contributed by atoms with Gasteiger partial charge >= 0.3 is 0 Å². The molecule has 1 saturated heterocycles. The zero-order valence-electron chi connectivity index (χ0n) is 18.4. The molecule has 4 N–H and O–H groups in total. The van der Waals surface area contributed by atoms with Crippen molar-refractivity contribution < 1.29 is 0 Å². The second-order valence-corrected chi connectivity index (χ2v) is 8.50. The predicted molar refractivity (Wildman–Crippen MR) is 131 cm³/mol. The molecule has 7 heterocycles. The summed E-state index contributed by atoms with van der Waals surface area (Å²) >= 11 is 0. The molecule has 1 fully saturated rings. The van der Waals surface area contributed by atoms with Gasteiger partial charge in [-0.25, -0.2) is 15.0 Å². The van der Waals surface area contributed by atoms with E-state index in [-0.39, 0.29) is 6.04 Å². The SMILES string of the molecule is NC1CN(c2cncc(-c3ccc4[nH]nc(-c5nc6c(-c7cccnc7)cncc6[nH]5)c4n3)n2)C1. The first-order valence-corrected chi connectivity index (χ1v) is 11.2. The normalized spacial score (nSPS) is 14.0. The second kappa shape index (κ2) is 7.64. The van der Waals surface area contributed by atoms with Crippen molar-refractivity contribution in [2.45, 2.75) is 6.04 Å². The molecule has 6 aromatic heterocycles. The van der Waals surface area contributed by atoms with Crippen molar-refractivity contribution in [3.63, 3.8) is 0 Å². The van der Waals surface area contributed by atoms with E-state index in [0.29, 0.717) is 28.4 Å². The third kappa shape index (κ3) is 3.28. The highest BCUT2D eigenvalue weighted by Crippen LogP contribution is 2.31. The number of aromatic nitrogens is 9. The molecule has 170 valence electrons. The lowest BCUT2D eigenvalue weighted by molar-refractivity contribution is 0.514. The number of nitrogens with zero attached hydrogens (tertiary/aromatic N) is 8. The van der Waals surface area contributed by atoms with Crippen molar-refractivity contribution in [2.75, 3.05) is 18.0 Å². The molecule has 11 nitrogen and oxygen atoms in total. The molecule has 35 heavy (non-hydrogen) atoms. The molecule has 0 radical (unpaired) electrons. The Balaban J connectivity index is 1.31. The first-order chi connectivity index (χ1) is 17.2. The summed E-state index contributed by atoms with van der Waals surface area (Å²) in [4.78, 5) is 32.9. The molecule has 1 aliphatic heterocycles. The van der Waals surface area contributed by atoms with Crippen LogP contribution in [0.5, 0.6) is 0 Å². The van der Waals surface area contributed by atoms with Gasteiger partial charge < -0.3 is 15.6 Å². The van der Waals surface area contributed by atoms with E-state index in [4.69, 9.17) is 20.7 Å². The number of aromatic amines is 2. The van der Waals surface area contributed by atoms with Gasteiger partial charge in [-0.05, 0) is 18.2 Å². The highest BCUT2D eigenvalue weighted by molar-refractivity contribution is 5.95. The molecule has 0 aromatic carbocycles. The number of nitrogens with two attached hydrogens (primary N) is 1. The van der Waals surface area contributed by atoms with Gasteiger partial charge in [-0.2, -0.15) is 5.10 Å². The van der Waals surface area contributed by atoms with Crippen LogP contribution < -0.4 is 10.6 Å². The Kier molecular flexibility index (Phi) is 4.29. The molecule has 0 saturated carbocycles. The van der Waals surface area contributed by atoms with Crippen LogP contribution in [0, 0.1) is 0 Å². The summed E-state index contributed by atoms with van der Waals surface area (Å²) in [6.45, 7) is 1.55. The number of H-pyrrole nitrogens is 2. The van der Waals surface area contributed by atoms with Gasteiger partial charge in [-0.1, -0.05) is 6.07 Å². The topological polar surface area (TPSA) is 151 Å². The molecule has 11 heteroatoms. The summed E-state index contributed by atoms with van der Waals surface area (Å²) in [5.41, 5.74) is 12.8. The van der Waals surface area contributed by atoms with Crippen molar-refractivity contribution in [3.8, 4) is 34.0 Å². The minimum absolute atomic E-state index is 0.182. The number of anilines is 1. The Morgan fingerprint density at radius 2 is 1.74 bits per heavy atom. The van der Waals surface area contributed by atoms with Gasteiger partial charge in [0, 0.05) is 48.8 Å². The van der Waals surface area contributed by atoms with Crippen molar-refractivity contribution in [2.24, 2.45) is 5.73 Å². The third-order valence-electron chi connectivity index (χ3n) is 6.12. The van der Waals surface area contributed by atoms with Crippen LogP contribution in [0.15, 0.2) is 61.4 Å². The molecule has 0 amide bonds. The summed E-state index contributed by atoms with van der Waals surface area (Å²) in [5, 5.41) is 7.55. The van der Waals surface area contributed by atoms with E-state index in [1.807, 2.05) is 24.3 Å². The van der Waals surface area contributed by atoms with E-state index in [1.54, 1.807) is 37.2 Å². The largest absolute Gasteiger partial charge is 0.352 e. The molecule has 0 atom stereocenters. The maximum Gasteiger partial charge on any atom is 0.161 e. The highest BCUT2D eigenvalue weighted by Gasteiger charge is 2.25. The van der Waals surface area contributed by atoms with E-state index in [1.165, 1.54) is 0 Å². The van der Waals surface area contributed by atoms with Crippen molar-refractivity contribution in [1.82, 2.24) is 45.1 Å². The molecule has 7 rings (SSSR count). The fraction of sp³-hybridized carbons (Fsp3) is 0.125. The van der Waals surface area contributed by atoms with Crippen molar-refractivity contribution in [1.29, 1.82) is 0 Å². The molecule has 0 spiro atoms. The number of pyridine rings is 3. The van der Waals surface area contributed by atoms with Crippen LogP contribution in [0.4, 0.5) is 5.82 Å². The summed E-state index contributed by atoms with van der Waals surface area (Å²) < 4.78 is 0. The smallest absolute Gasteiger partial charge is 0.161 e. The Morgan fingerprint density at radius 1 is 0.829 bits per heavy atom. The van der Waals surface area contributed by atoms with Gasteiger partial charge in [-0.15, -0.1) is 0 Å². The van der Waals surface area contributed by atoms with Gasteiger partial charge in [0.05, 0.1) is 35.3 Å². The van der Waals surface area contributed by atoms with Crippen LogP contribution in [0.3, 0.4) is 0 Å². The van der Waals surface area contributed by atoms with E-state index >= 15 is 0 Å².